The van der Waals surface area contributed by atoms with Crippen LogP contribution in [0.5, 0.6) is 0 Å². The number of hydrogen-bond acceptors (Lipinski definition) is 4. The molecule has 1 aliphatic rings. The summed E-state index contributed by atoms with van der Waals surface area (Å²) >= 11 is 0. The second kappa shape index (κ2) is 4.33. The molecule has 0 amide bonds. The Hall–Kier alpha value is -1.91. The molecule has 0 atom stereocenters. The largest absolute Gasteiger partial charge is 0.398 e. The fourth-order valence-electron chi connectivity index (χ4n) is 2.77. The van der Waals surface area contributed by atoms with Crippen LogP contribution in [0.3, 0.4) is 0 Å². The second-order valence-electron chi connectivity index (χ2n) is 5.42. The molecule has 1 aromatic heterocycles. The van der Waals surface area contributed by atoms with E-state index in [0.717, 1.165) is 41.9 Å². The normalized spacial score (nSPS) is 17.2. The minimum absolute atomic E-state index is 0.110. The molecule has 2 N–H and O–H groups in total. The lowest BCUT2D eigenvalue weighted by molar-refractivity contribution is 0.118. The van der Waals surface area contributed by atoms with Gasteiger partial charge < -0.3 is 5.73 Å². The van der Waals surface area contributed by atoms with Crippen LogP contribution in [0.15, 0.2) is 18.2 Å². The molecule has 0 spiro atoms. The van der Waals surface area contributed by atoms with E-state index in [-0.39, 0.29) is 5.54 Å². The summed E-state index contributed by atoms with van der Waals surface area (Å²) in [6, 6.07) is 6.01. The highest BCUT2D eigenvalue weighted by molar-refractivity contribution is 5.63. The van der Waals surface area contributed by atoms with Crippen molar-refractivity contribution in [1.29, 1.82) is 0 Å². The highest BCUT2D eigenvalue weighted by Crippen LogP contribution is 2.43. The van der Waals surface area contributed by atoms with Crippen molar-refractivity contribution in [3.05, 3.63) is 23.8 Å². The summed E-state index contributed by atoms with van der Waals surface area (Å²) < 4.78 is 2.00. The van der Waals surface area contributed by atoms with Crippen LogP contribution in [0.1, 0.15) is 38.2 Å². The third-order valence-corrected chi connectivity index (χ3v) is 4.40. The van der Waals surface area contributed by atoms with E-state index in [9.17, 15) is 0 Å². The number of aromatic nitrogens is 4. The Balaban J connectivity index is 2.06. The van der Waals surface area contributed by atoms with Gasteiger partial charge in [-0.05, 0) is 54.7 Å². The van der Waals surface area contributed by atoms with Crippen LogP contribution in [-0.2, 0) is 5.54 Å². The second-order valence-corrected chi connectivity index (χ2v) is 5.42. The van der Waals surface area contributed by atoms with Crippen molar-refractivity contribution >= 4 is 5.69 Å². The molecule has 0 bridgehead atoms. The zero-order valence-corrected chi connectivity index (χ0v) is 11.4. The highest BCUT2D eigenvalue weighted by atomic mass is 15.6. The summed E-state index contributed by atoms with van der Waals surface area (Å²) in [6.45, 7) is 4.20. The average Bonchev–Trinajstić information content (AvgIpc) is 2.82. The summed E-state index contributed by atoms with van der Waals surface area (Å²) in [7, 11) is 0. The zero-order chi connectivity index (χ0) is 13.5. The molecule has 100 valence electrons. The number of aryl methyl sites for hydroxylation is 1. The van der Waals surface area contributed by atoms with Crippen molar-refractivity contribution in [3.63, 3.8) is 0 Å². The standard InChI is InChI=1S/C14H19N5/c1-3-14(7-4-8-14)19-13(16-17-18-19)11-6-5-10(2)12(15)9-11/h5-6,9H,3-4,7-8,15H2,1-2H3. The van der Waals surface area contributed by atoms with E-state index in [1.54, 1.807) is 0 Å². The van der Waals surface area contributed by atoms with E-state index in [1.165, 1.54) is 6.42 Å². The van der Waals surface area contributed by atoms with Gasteiger partial charge in [-0.3, -0.25) is 0 Å². The van der Waals surface area contributed by atoms with E-state index >= 15 is 0 Å². The fourth-order valence-corrected chi connectivity index (χ4v) is 2.77. The predicted molar refractivity (Wildman–Crippen MR) is 74.5 cm³/mol. The minimum Gasteiger partial charge on any atom is -0.398 e. The molecule has 1 aromatic carbocycles. The van der Waals surface area contributed by atoms with Crippen LogP contribution in [0.4, 0.5) is 5.69 Å². The molecule has 2 aromatic rings. The van der Waals surface area contributed by atoms with Gasteiger partial charge in [-0.15, -0.1) is 5.10 Å². The summed E-state index contributed by atoms with van der Waals surface area (Å²) in [5.74, 6) is 0.827. The van der Waals surface area contributed by atoms with Gasteiger partial charge in [0.25, 0.3) is 0 Å². The molecule has 1 saturated carbocycles. The first-order valence-electron chi connectivity index (χ1n) is 6.82. The lowest BCUT2D eigenvalue weighted by atomic mass is 9.75. The van der Waals surface area contributed by atoms with Crippen molar-refractivity contribution in [2.75, 3.05) is 5.73 Å². The molecule has 0 radical (unpaired) electrons. The summed E-state index contributed by atoms with van der Waals surface area (Å²) in [6.07, 6.45) is 4.63. The van der Waals surface area contributed by atoms with Crippen molar-refractivity contribution in [3.8, 4) is 11.4 Å². The van der Waals surface area contributed by atoms with Gasteiger partial charge in [-0.25, -0.2) is 4.68 Å². The Labute approximate surface area is 112 Å². The van der Waals surface area contributed by atoms with Gasteiger partial charge in [0.05, 0.1) is 5.54 Å². The van der Waals surface area contributed by atoms with Crippen LogP contribution in [0, 0.1) is 6.92 Å². The maximum Gasteiger partial charge on any atom is 0.182 e. The Morgan fingerprint density at radius 3 is 2.74 bits per heavy atom. The van der Waals surface area contributed by atoms with Crippen LogP contribution in [-0.4, -0.2) is 20.2 Å². The first-order valence-corrected chi connectivity index (χ1v) is 6.82. The number of benzene rings is 1. The van der Waals surface area contributed by atoms with Crippen LogP contribution in [0.25, 0.3) is 11.4 Å². The maximum atomic E-state index is 5.99. The number of tetrazole rings is 1. The van der Waals surface area contributed by atoms with Gasteiger partial charge in [-0.2, -0.15) is 0 Å². The first kappa shape index (κ1) is 12.1. The Morgan fingerprint density at radius 2 is 2.16 bits per heavy atom. The van der Waals surface area contributed by atoms with Gasteiger partial charge in [0.1, 0.15) is 0 Å². The molecule has 0 saturated heterocycles. The third kappa shape index (κ3) is 1.80. The molecule has 19 heavy (non-hydrogen) atoms. The number of nitrogens with zero attached hydrogens (tertiary/aromatic N) is 4. The number of anilines is 1. The SMILES string of the molecule is CCC1(n2nnnc2-c2ccc(C)c(N)c2)CCC1. The molecule has 1 fully saturated rings. The maximum absolute atomic E-state index is 5.99. The van der Waals surface area contributed by atoms with E-state index in [0.29, 0.717) is 0 Å². The number of hydrogen-bond donors (Lipinski definition) is 1. The van der Waals surface area contributed by atoms with Gasteiger partial charge in [0.2, 0.25) is 0 Å². The summed E-state index contributed by atoms with van der Waals surface area (Å²) in [5.41, 5.74) is 8.95. The van der Waals surface area contributed by atoms with Crippen LogP contribution in [0.2, 0.25) is 0 Å². The van der Waals surface area contributed by atoms with E-state index in [1.807, 2.05) is 29.8 Å². The molecular formula is C14H19N5. The molecule has 1 aliphatic carbocycles. The third-order valence-electron chi connectivity index (χ3n) is 4.40. The van der Waals surface area contributed by atoms with Crippen molar-refractivity contribution in [1.82, 2.24) is 20.2 Å². The quantitative estimate of drug-likeness (QED) is 0.858. The molecule has 0 aliphatic heterocycles. The number of nitrogen functional groups attached to an aromatic ring is 1. The van der Waals surface area contributed by atoms with Crippen molar-refractivity contribution < 1.29 is 0 Å². The Bertz CT molecular complexity index is 592. The first-order chi connectivity index (χ1) is 9.16. The smallest absolute Gasteiger partial charge is 0.182 e. The Kier molecular flexibility index (Phi) is 2.77. The average molecular weight is 257 g/mol. The summed E-state index contributed by atoms with van der Waals surface area (Å²) in [4.78, 5) is 0. The zero-order valence-electron chi connectivity index (χ0n) is 11.4. The minimum atomic E-state index is 0.110. The fraction of sp³-hybridized carbons (Fsp3) is 0.500. The van der Waals surface area contributed by atoms with Gasteiger partial charge >= 0.3 is 0 Å². The van der Waals surface area contributed by atoms with Gasteiger partial charge in [0.15, 0.2) is 5.82 Å². The molecule has 5 nitrogen and oxygen atoms in total. The molecule has 3 rings (SSSR count). The lowest BCUT2D eigenvalue weighted by Crippen LogP contribution is -2.41. The molecule has 1 heterocycles. The molecular weight excluding hydrogens is 238 g/mol. The van der Waals surface area contributed by atoms with E-state index in [4.69, 9.17) is 5.73 Å². The van der Waals surface area contributed by atoms with Crippen molar-refractivity contribution in [2.45, 2.75) is 45.1 Å². The van der Waals surface area contributed by atoms with Gasteiger partial charge in [-0.1, -0.05) is 19.1 Å². The van der Waals surface area contributed by atoms with Gasteiger partial charge in [0, 0.05) is 11.3 Å². The van der Waals surface area contributed by atoms with E-state index < -0.39 is 0 Å². The number of rotatable bonds is 3. The number of nitrogens with two attached hydrogens (primary N) is 1. The molecule has 0 unspecified atom stereocenters. The van der Waals surface area contributed by atoms with Crippen molar-refractivity contribution in [2.24, 2.45) is 0 Å². The van der Waals surface area contributed by atoms with Crippen LogP contribution < -0.4 is 5.73 Å². The topological polar surface area (TPSA) is 69.6 Å². The highest BCUT2D eigenvalue weighted by Gasteiger charge is 2.40. The monoisotopic (exact) mass is 257 g/mol. The summed E-state index contributed by atoms with van der Waals surface area (Å²) in [5, 5.41) is 12.3. The Morgan fingerprint density at radius 1 is 1.37 bits per heavy atom. The van der Waals surface area contributed by atoms with Crippen LogP contribution >= 0.6 is 0 Å². The predicted octanol–water partition coefficient (Wildman–Crippen LogP) is 2.52. The lowest BCUT2D eigenvalue weighted by Gasteiger charge is -2.41. The van der Waals surface area contributed by atoms with E-state index in [2.05, 4.69) is 22.4 Å². The molecule has 5 heteroatoms.